The van der Waals surface area contributed by atoms with Gasteiger partial charge in [-0.2, -0.15) is 0 Å². The van der Waals surface area contributed by atoms with Crippen LogP contribution in [0.3, 0.4) is 0 Å². The van der Waals surface area contributed by atoms with E-state index in [4.69, 9.17) is 18.9 Å². The fraction of sp³-hybridized carbons (Fsp3) is 0.692. The second-order valence-corrected chi connectivity index (χ2v) is 8.76. The number of carbonyl (C=O) groups excluding carboxylic acids is 8. The van der Waals surface area contributed by atoms with E-state index < -0.39 is 47.5 Å². The van der Waals surface area contributed by atoms with Crippen LogP contribution in [-0.2, 0) is 57.3 Å². The number of ether oxygens (including phenoxy) is 4. The number of nitrogens with zero attached hydrogens (tertiary/aromatic N) is 4. The number of amides is 4. The van der Waals surface area contributed by atoms with Crippen LogP contribution in [0.5, 0.6) is 0 Å². The molecule has 0 aliphatic carbocycles. The number of hydrogen-bond donors (Lipinski definition) is 0. The Balaban J connectivity index is 3.35. The van der Waals surface area contributed by atoms with E-state index in [0.717, 1.165) is 19.6 Å². The summed E-state index contributed by atoms with van der Waals surface area (Å²) in [4.78, 5) is 104. The summed E-state index contributed by atoms with van der Waals surface area (Å²) in [6.45, 7) is 4.87. The van der Waals surface area contributed by atoms with Crippen molar-refractivity contribution >= 4 is 47.5 Å². The predicted molar refractivity (Wildman–Crippen MR) is 142 cm³/mol. The lowest BCUT2D eigenvalue weighted by atomic mass is 10.2. The molecule has 0 radical (unpaired) electrons. The first kappa shape index (κ1) is 35.8. The molecule has 1 aliphatic heterocycles. The summed E-state index contributed by atoms with van der Waals surface area (Å²) in [5, 5.41) is 0. The van der Waals surface area contributed by atoms with E-state index in [9.17, 15) is 38.4 Å². The molecule has 0 bridgehead atoms. The van der Waals surface area contributed by atoms with Crippen LogP contribution in [0.15, 0.2) is 0 Å². The van der Waals surface area contributed by atoms with Crippen LogP contribution in [0.1, 0.15) is 40.5 Å². The minimum atomic E-state index is -1.12. The molecule has 0 spiro atoms. The van der Waals surface area contributed by atoms with Crippen molar-refractivity contribution in [3.8, 4) is 0 Å². The maximum absolute atomic E-state index is 12.8. The van der Waals surface area contributed by atoms with Crippen LogP contribution >= 0.6 is 0 Å². The van der Waals surface area contributed by atoms with E-state index in [0.29, 0.717) is 0 Å². The van der Waals surface area contributed by atoms with Gasteiger partial charge in [-0.25, -0.2) is 19.2 Å². The van der Waals surface area contributed by atoms with Crippen molar-refractivity contribution in [1.82, 2.24) is 19.6 Å². The average Bonchev–Trinajstić information content (AvgIpc) is 2.96. The van der Waals surface area contributed by atoms with Gasteiger partial charge in [0.25, 0.3) is 0 Å². The number of hydrogen-bond acceptors (Lipinski definition) is 12. The molecule has 42 heavy (non-hydrogen) atoms. The quantitative estimate of drug-likeness (QED) is 0.204. The molecule has 16 heteroatoms. The van der Waals surface area contributed by atoms with E-state index in [1.54, 1.807) is 0 Å². The van der Waals surface area contributed by atoms with Crippen LogP contribution in [0, 0.1) is 0 Å². The Morgan fingerprint density at radius 3 is 0.738 bits per heavy atom. The van der Waals surface area contributed by atoms with E-state index >= 15 is 0 Å². The van der Waals surface area contributed by atoms with E-state index in [1.165, 1.54) is 27.7 Å². The fourth-order valence-corrected chi connectivity index (χ4v) is 3.94. The molecule has 0 unspecified atom stereocenters. The molecule has 0 aromatic heterocycles. The predicted octanol–water partition coefficient (Wildman–Crippen LogP) is -1.65. The molecule has 0 saturated carbocycles. The molecule has 0 aromatic rings. The lowest BCUT2D eigenvalue weighted by molar-refractivity contribution is -0.162. The summed E-state index contributed by atoms with van der Waals surface area (Å²) in [5.74, 6) is -8.40. The van der Waals surface area contributed by atoms with Gasteiger partial charge in [0.1, 0.15) is 0 Å². The highest BCUT2D eigenvalue weighted by molar-refractivity contribution is 6.33. The van der Waals surface area contributed by atoms with Gasteiger partial charge in [0.05, 0.1) is 26.4 Å². The maximum Gasteiger partial charge on any atom is 0.397 e. The molecular formula is C26H40N4O12. The van der Waals surface area contributed by atoms with Crippen LogP contribution in [0.2, 0.25) is 0 Å². The normalized spacial score (nSPS) is 15.1. The minimum absolute atomic E-state index is 0.0469. The first-order valence-corrected chi connectivity index (χ1v) is 13.9. The number of carbonyl (C=O) groups is 8. The van der Waals surface area contributed by atoms with E-state index in [1.807, 2.05) is 0 Å². The van der Waals surface area contributed by atoms with E-state index in [-0.39, 0.29) is 91.6 Å². The Hall–Kier alpha value is -4.24. The van der Waals surface area contributed by atoms with E-state index in [2.05, 4.69) is 0 Å². The molecule has 1 heterocycles. The molecule has 1 aliphatic rings. The Labute approximate surface area is 244 Å². The SMILES string of the molecule is CCOC(=O)C(=O)N1CCCN(C(=O)C(=O)OCC)CCN(C(=O)C(=O)OCC)CCCN(C(=O)C(=O)OCC)CC1. The van der Waals surface area contributed by atoms with Crippen molar-refractivity contribution < 1.29 is 57.3 Å². The van der Waals surface area contributed by atoms with Gasteiger partial charge in [-0.1, -0.05) is 0 Å². The topological polar surface area (TPSA) is 186 Å². The molecule has 236 valence electrons. The molecule has 4 amide bonds. The summed E-state index contributed by atoms with van der Waals surface area (Å²) in [6.07, 6.45) is 0.155. The Morgan fingerprint density at radius 2 is 0.571 bits per heavy atom. The summed E-state index contributed by atoms with van der Waals surface area (Å²) in [7, 11) is 0. The fourth-order valence-electron chi connectivity index (χ4n) is 3.94. The number of esters is 4. The lowest BCUT2D eigenvalue weighted by Gasteiger charge is -2.31. The van der Waals surface area contributed by atoms with Gasteiger partial charge in [0, 0.05) is 52.4 Å². The highest BCUT2D eigenvalue weighted by atomic mass is 16.6. The second-order valence-electron chi connectivity index (χ2n) is 8.76. The van der Waals surface area contributed by atoms with Gasteiger partial charge < -0.3 is 38.5 Å². The van der Waals surface area contributed by atoms with Crippen molar-refractivity contribution in [2.75, 3.05) is 78.8 Å². The molecule has 1 rings (SSSR count). The summed E-state index contributed by atoms with van der Waals surface area (Å²) >= 11 is 0. The van der Waals surface area contributed by atoms with Gasteiger partial charge in [-0.05, 0) is 40.5 Å². The van der Waals surface area contributed by atoms with Crippen molar-refractivity contribution in [3.05, 3.63) is 0 Å². The van der Waals surface area contributed by atoms with Gasteiger partial charge in [-0.3, -0.25) is 19.2 Å². The lowest BCUT2D eigenvalue weighted by Crippen LogP contribution is -2.49. The molecule has 1 fully saturated rings. The van der Waals surface area contributed by atoms with Crippen molar-refractivity contribution in [3.63, 3.8) is 0 Å². The van der Waals surface area contributed by atoms with Crippen LogP contribution in [0.25, 0.3) is 0 Å². The number of rotatable bonds is 4. The summed E-state index contributed by atoms with van der Waals surface area (Å²) in [5.41, 5.74) is 0. The third-order valence-corrected chi connectivity index (χ3v) is 5.94. The summed E-state index contributed by atoms with van der Waals surface area (Å²) in [6, 6.07) is 0. The smallest absolute Gasteiger partial charge is 0.397 e. The molecule has 0 N–H and O–H groups in total. The van der Waals surface area contributed by atoms with Gasteiger partial charge in [-0.15, -0.1) is 0 Å². The average molecular weight is 601 g/mol. The first-order valence-electron chi connectivity index (χ1n) is 13.9. The Bertz CT molecular complexity index is 848. The van der Waals surface area contributed by atoms with Crippen LogP contribution in [-0.4, -0.2) is 146 Å². The summed E-state index contributed by atoms with van der Waals surface area (Å²) < 4.78 is 19.3. The largest absolute Gasteiger partial charge is 0.459 e. The van der Waals surface area contributed by atoms with Gasteiger partial charge in [0.2, 0.25) is 0 Å². The molecule has 0 atom stereocenters. The zero-order valence-electron chi connectivity index (χ0n) is 24.6. The third-order valence-electron chi connectivity index (χ3n) is 5.94. The maximum atomic E-state index is 12.8. The van der Waals surface area contributed by atoms with Crippen LogP contribution < -0.4 is 0 Å². The zero-order chi connectivity index (χ0) is 31.7. The minimum Gasteiger partial charge on any atom is -0.459 e. The molecular weight excluding hydrogens is 560 g/mol. The molecule has 16 nitrogen and oxygen atoms in total. The van der Waals surface area contributed by atoms with Crippen molar-refractivity contribution in [2.45, 2.75) is 40.5 Å². The monoisotopic (exact) mass is 600 g/mol. The zero-order valence-corrected chi connectivity index (χ0v) is 24.6. The highest BCUT2D eigenvalue weighted by Crippen LogP contribution is 2.07. The molecule has 0 aromatic carbocycles. The van der Waals surface area contributed by atoms with Crippen LogP contribution in [0.4, 0.5) is 0 Å². The van der Waals surface area contributed by atoms with Crippen molar-refractivity contribution in [2.24, 2.45) is 0 Å². The highest BCUT2D eigenvalue weighted by Gasteiger charge is 2.31. The molecule has 1 saturated heterocycles. The third kappa shape index (κ3) is 11.3. The van der Waals surface area contributed by atoms with Gasteiger partial charge in [0.15, 0.2) is 0 Å². The standard InChI is InChI=1S/C26H40N4O12/c1-5-39-23(35)19(31)27-11-9-12-29(21(33)25(37)41-7-3)17-18-30(22(34)26(38)42-8-4)14-10-13-28(16-15-27)20(32)24(36)40-6-2/h5-18H2,1-4H3. The van der Waals surface area contributed by atoms with Gasteiger partial charge >= 0.3 is 47.5 Å². The Morgan fingerprint density at radius 1 is 0.381 bits per heavy atom. The van der Waals surface area contributed by atoms with Crippen molar-refractivity contribution in [1.29, 1.82) is 0 Å². The second kappa shape index (κ2) is 19.0. The Kier molecular flexibility index (Phi) is 16.2. The first-order chi connectivity index (χ1) is 20.0.